The van der Waals surface area contributed by atoms with Crippen LogP contribution in [0.4, 0.5) is 11.5 Å². The molecule has 0 aliphatic rings. The van der Waals surface area contributed by atoms with Crippen molar-refractivity contribution in [3.8, 4) is 0 Å². The van der Waals surface area contributed by atoms with Crippen LogP contribution >= 0.6 is 0 Å². The van der Waals surface area contributed by atoms with Gasteiger partial charge in [-0.3, -0.25) is 10.1 Å². The van der Waals surface area contributed by atoms with Crippen LogP contribution in [0.3, 0.4) is 0 Å². The van der Waals surface area contributed by atoms with Gasteiger partial charge < -0.3 is 5.73 Å². The van der Waals surface area contributed by atoms with Crippen molar-refractivity contribution >= 4 is 11.5 Å². The molecule has 17 heavy (non-hydrogen) atoms. The average Bonchev–Trinajstić information content (AvgIpc) is 2.42. The zero-order valence-corrected chi connectivity index (χ0v) is 11.0. The van der Waals surface area contributed by atoms with E-state index in [9.17, 15) is 10.1 Å². The van der Waals surface area contributed by atoms with E-state index in [1.54, 1.807) is 0 Å². The summed E-state index contributed by atoms with van der Waals surface area (Å²) in [6.45, 7) is 10.3. The fourth-order valence-corrected chi connectivity index (χ4v) is 1.64. The molecule has 0 aromatic carbocycles. The number of nitrogen functional groups attached to an aromatic ring is 1. The molecule has 0 saturated carbocycles. The van der Waals surface area contributed by atoms with Gasteiger partial charge in [0, 0.05) is 12.0 Å². The molecule has 96 valence electrons. The topological polar surface area (TPSA) is 87.0 Å². The van der Waals surface area contributed by atoms with Gasteiger partial charge in [0.25, 0.3) is 0 Å². The fourth-order valence-electron chi connectivity index (χ4n) is 1.64. The Morgan fingerprint density at radius 1 is 1.47 bits per heavy atom. The second kappa shape index (κ2) is 4.35. The second-order valence-electron chi connectivity index (χ2n) is 5.67. The minimum atomic E-state index is -0.445. The highest BCUT2D eigenvalue weighted by Crippen LogP contribution is 2.34. The third-order valence-electron chi connectivity index (χ3n) is 2.40. The highest BCUT2D eigenvalue weighted by molar-refractivity contribution is 5.58. The van der Waals surface area contributed by atoms with E-state index in [-0.39, 0.29) is 11.5 Å². The first kappa shape index (κ1) is 13.5. The zero-order chi connectivity index (χ0) is 13.4. The largest absolute Gasteiger partial charge is 0.378 e. The van der Waals surface area contributed by atoms with Crippen LogP contribution < -0.4 is 5.73 Å². The fraction of sp³-hybridized carbons (Fsp3) is 0.727. The summed E-state index contributed by atoms with van der Waals surface area (Å²) in [5.74, 6) is 0.484. The summed E-state index contributed by atoms with van der Waals surface area (Å²) in [5, 5.41) is 15.4. The monoisotopic (exact) mass is 240 g/mol. The molecule has 0 radical (unpaired) electrons. The molecule has 0 spiro atoms. The number of aromatic nitrogens is 2. The van der Waals surface area contributed by atoms with Crippen molar-refractivity contribution in [2.24, 2.45) is 5.92 Å². The van der Waals surface area contributed by atoms with Crippen LogP contribution in [0.15, 0.2) is 0 Å². The molecule has 0 aliphatic carbocycles. The van der Waals surface area contributed by atoms with E-state index in [0.29, 0.717) is 18.2 Å². The lowest BCUT2D eigenvalue weighted by molar-refractivity contribution is -0.385. The summed E-state index contributed by atoms with van der Waals surface area (Å²) in [5.41, 5.74) is 5.81. The van der Waals surface area contributed by atoms with Crippen LogP contribution in [-0.2, 0) is 12.0 Å². The number of anilines is 1. The van der Waals surface area contributed by atoms with Gasteiger partial charge in [0.2, 0.25) is 5.82 Å². The van der Waals surface area contributed by atoms with Crippen molar-refractivity contribution in [1.29, 1.82) is 0 Å². The van der Waals surface area contributed by atoms with Crippen LogP contribution in [0, 0.1) is 16.0 Å². The van der Waals surface area contributed by atoms with Gasteiger partial charge in [-0.1, -0.05) is 34.6 Å². The zero-order valence-electron chi connectivity index (χ0n) is 11.0. The van der Waals surface area contributed by atoms with Gasteiger partial charge in [-0.2, -0.15) is 5.10 Å². The number of hydrogen-bond donors (Lipinski definition) is 1. The van der Waals surface area contributed by atoms with E-state index >= 15 is 0 Å². The molecule has 0 atom stereocenters. The molecule has 0 amide bonds. The predicted octanol–water partition coefficient (Wildman–Crippen LogP) is 2.33. The lowest BCUT2D eigenvalue weighted by Gasteiger charge is -2.13. The Morgan fingerprint density at radius 2 is 2.00 bits per heavy atom. The molecule has 0 aliphatic heterocycles. The van der Waals surface area contributed by atoms with E-state index in [0.717, 1.165) is 0 Å². The maximum absolute atomic E-state index is 11.1. The Labute approximate surface area is 101 Å². The summed E-state index contributed by atoms with van der Waals surface area (Å²) in [7, 11) is 0. The van der Waals surface area contributed by atoms with Gasteiger partial charge in [-0.05, 0) is 5.92 Å². The van der Waals surface area contributed by atoms with Gasteiger partial charge in [0.15, 0.2) is 0 Å². The Kier molecular flexibility index (Phi) is 3.45. The van der Waals surface area contributed by atoms with Gasteiger partial charge >= 0.3 is 5.69 Å². The Bertz CT molecular complexity index is 429. The smallest absolute Gasteiger partial charge is 0.334 e. The maximum Gasteiger partial charge on any atom is 0.334 e. The highest BCUT2D eigenvalue weighted by atomic mass is 16.6. The highest BCUT2D eigenvalue weighted by Gasteiger charge is 2.33. The molecule has 1 aromatic heterocycles. The summed E-state index contributed by atoms with van der Waals surface area (Å²) < 4.78 is 1.53. The molecular weight excluding hydrogens is 220 g/mol. The van der Waals surface area contributed by atoms with Crippen molar-refractivity contribution in [1.82, 2.24) is 9.78 Å². The molecule has 1 rings (SSSR count). The summed E-state index contributed by atoms with van der Waals surface area (Å²) in [6, 6.07) is 0. The van der Waals surface area contributed by atoms with E-state index in [4.69, 9.17) is 5.73 Å². The summed E-state index contributed by atoms with van der Waals surface area (Å²) in [4.78, 5) is 10.6. The minimum absolute atomic E-state index is 0.0573. The first-order valence-electron chi connectivity index (χ1n) is 5.65. The Balaban J connectivity index is 3.35. The van der Waals surface area contributed by atoms with Crippen molar-refractivity contribution < 1.29 is 4.92 Å². The summed E-state index contributed by atoms with van der Waals surface area (Å²) >= 11 is 0. The Hall–Kier alpha value is -1.59. The molecule has 2 N–H and O–H groups in total. The SMILES string of the molecule is CC(C)Cn1nc(C(C)(C)C)c([N+](=O)[O-])c1N. The standard InChI is InChI=1S/C11H20N4O2/c1-7(2)6-14-10(12)8(15(16)17)9(13-14)11(3,4)5/h7H,6,12H2,1-5H3. The molecular formula is C11H20N4O2. The molecule has 0 bridgehead atoms. The first-order chi connectivity index (χ1) is 7.64. The number of rotatable bonds is 3. The van der Waals surface area contributed by atoms with Gasteiger partial charge in [-0.15, -0.1) is 0 Å². The van der Waals surface area contributed by atoms with E-state index < -0.39 is 10.3 Å². The molecule has 1 aromatic rings. The average molecular weight is 240 g/mol. The lowest BCUT2D eigenvalue weighted by Crippen LogP contribution is -2.15. The molecule has 0 unspecified atom stereocenters. The molecule has 1 heterocycles. The number of hydrogen-bond acceptors (Lipinski definition) is 4. The minimum Gasteiger partial charge on any atom is -0.378 e. The molecule has 0 saturated heterocycles. The van der Waals surface area contributed by atoms with Crippen molar-refractivity contribution in [2.45, 2.75) is 46.6 Å². The lowest BCUT2D eigenvalue weighted by atomic mass is 9.91. The van der Waals surface area contributed by atoms with Crippen LogP contribution in [-0.4, -0.2) is 14.7 Å². The third-order valence-corrected chi connectivity index (χ3v) is 2.40. The molecule has 6 nitrogen and oxygen atoms in total. The van der Waals surface area contributed by atoms with Crippen LogP contribution in [0.25, 0.3) is 0 Å². The predicted molar refractivity (Wildman–Crippen MR) is 66.8 cm³/mol. The van der Waals surface area contributed by atoms with E-state index in [1.165, 1.54) is 4.68 Å². The maximum atomic E-state index is 11.1. The molecule has 6 heteroatoms. The van der Waals surface area contributed by atoms with Gasteiger partial charge in [-0.25, -0.2) is 4.68 Å². The van der Waals surface area contributed by atoms with E-state index in [2.05, 4.69) is 5.10 Å². The van der Waals surface area contributed by atoms with Gasteiger partial charge in [0.05, 0.1) is 4.92 Å². The van der Waals surface area contributed by atoms with Crippen molar-refractivity contribution in [3.05, 3.63) is 15.8 Å². The normalized spacial score (nSPS) is 12.1. The molecule has 0 fully saturated rings. The second-order valence-corrected chi connectivity index (χ2v) is 5.67. The number of nitrogens with two attached hydrogens (primary N) is 1. The van der Waals surface area contributed by atoms with Crippen LogP contribution in [0.5, 0.6) is 0 Å². The first-order valence-corrected chi connectivity index (χ1v) is 5.65. The quantitative estimate of drug-likeness (QED) is 0.648. The van der Waals surface area contributed by atoms with E-state index in [1.807, 2.05) is 34.6 Å². The van der Waals surface area contributed by atoms with Crippen LogP contribution in [0.2, 0.25) is 0 Å². The third kappa shape index (κ3) is 2.75. The van der Waals surface area contributed by atoms with Crippen LogP contribution in [0.1, 0.15) is 40.3 Å². The summed E-state index contributed by atoms with van der Waals surface area (Å²) in [6.07, 6.45) is 0. The Morgan fingerprint density at radius 3 is 2.29 bits per heavy atom. The number of nitrogens with zero attached hydrogens (tertiary/aromatic N) is 3. The van der Waals surface area contributed by atoms with Gasteiger partial charge in [0.1, 0.15) is 5.69 Å². The number of nitro groups is 1. The van der Waals surface area contributed by atoms with Crippen molar-refractivity contribution in [2.75, 3.05) is 5.73 Å². The van der Waals surface area contributed by atoms with Crippen molar-refractivity contribution in [3.63, 3.8) is 0 Å².